The van der Waals surface area contributed by atoms with E-state index in [-0.39, 0.29) is 0 Å². The molecule has 0 atom stereocenters. The molecule has 0 saturated heterocycles. The number of aromatic nitrogens is 3. The first-order chi connectivity index (χ1) is 9.28. The van der Waals surface area contributed by atoms with Gasteiger partial charge >= 0.3 is 0 Å². The molecule has 0 bridgehead atoms. The SMILES string of the molecule is COc1ccc(-c2ccc3nccc(Cl)c3n2)cn1. The van der Waals surface area contributed by atoms with Crippen molar-refractivity contribution in [2.24, 2.45) is 0 Å². The minimum atomic E-state index is 0.573. The molecule has 0 fully saturated rings. The Hall–Kier alpha value is -2.20. The predicted octanol–water partition coefficient (Wildman–Crippen LogP) is 3.35. The number of fused-ring (bicyclic) bond motifs is 1. The Labute approximate surface area is 115 Å². The molecule has 0 aliphatic carbocycles. The van der Waals surface area contributed by atoms with Gasteiger partial charge in [0.05, 0.1) is 23.3 Å². The summed E-state index contributed by atoms with van der Waals surface area (Å²) in [5.41, 5.74) is 3.18. The Morgan fingerprint density at radius 3 is 2.68 bits per heavy atom. The number of hydrogen-bond donors (Lipinski definition) is 0. The highest BCUT2D eigenvalue weighted by Gasteiger charge is 2.05. The van der Waals surface area contributed by atoms with Gasteiger partial charge in [0, 0.05) is 24.0 Å². The number of hydrogen-bond acceptors (Lipinski definition) is 4. The maximum atomic E-state index is 6.13. The smallest absolute Gasteiger partial charge is 0.212 e. The summed E-state index contributed by atoms with van der Waals surface area (Å²) in [4.78, 5) is 12.9. The van der Waals surface area contributed by atoms with Crippen molar-refractivity contribution < 1.29 is 4.74 Å². The van der Waals surface area contributed by atoms with Crippen LogP contribution in [0.3, 0.4) is 0 Å². The van der Waals surface area contributed by atoms with Gasteiger partial charge in [-0.2, -0.15) is 0 Å². The second kappa shape index (κ2) is 4.82. The molecule has 0 radical (unpaired) electrons. The first kappa shape index (κ1) is 11.9. The van der Waals surface area contributed by atoms with Crippen LogP contribution in [0, 0.1) is 0 Å². The summed E-state index contributed by atoms with van der Waals surface area (Å²) in [6, 6.07) is 9.23. The van der Waals surface area contributed by atoms with E-state index in [9.17, 15) is 0 Å². The van der Waals surface area contributed by atoms with E-state index in [4.69, 9.17) is 16.3 Å². The zero-order valence-electron chi connectivity index (χ0n) is 10.2. The van der Waals surface area contributed by atoms with Crippen molar-refractivity contribution in [1.82, 2.24) is 15.0 Å². The molecule has 0 amide bonds. The molecular formula is C14H10ClN3O. The lowest BCUT2D eigenvalue weighted by atomic mass is 10.2. The van der Waals surface area contributed by atoms with Gasteiger partial charge in [0.25, 0.3) is 0 Å². The Morgan fingerprint density at radius 1 is 1.05 bits per heavy atom. The molecule has 3 rings (SSSR count). The van der Waals surface area contributed by atoms with Crippen molar-refractivity contribution >= 4 is 22.6 Å². The molecule has 0 spiro atoms. The molecule has 3 aromatic rings. The molecule has 0 aliphatic heterocycles. The van der Waals surface area contributed by atoms with Crippen LogP contribution < -0.4 is 4.74 Å². The first-order valence-corrected chi connectivity index (χ1v) is 6.07. The number of pyridine rings is 3. The fourth-order valence-electron chi connectivity index (χ4n) is 1.81. The van der Waals surface area contributed by atoms with Crippen molar-refractivity contribution in [3.63, 3.8) is 0 Å². The monoisotopic (exact) mass is 271 g/mol. The van der Waals surface area contributed by atoms with Crippen LogP contribution in [0.2, 0.25) is 5.02 Å². The van der Waals surface area contributed by atoms with E-state index in [0.29, 0.717) is 16.4 Å². The number of methoxy groups -OCH3 is 1. The topological polar surface area (TPSA) is 47.9 Å². The summed E-state index contributed by atoms with van der Waals surface area (Å²) in [5, 5.41) is 0.591. The lowest BCUT2D eigenvalue weighted by Crippen LogP contribution is -1.90. The molecule has 0 aliphatic rings. The lowest BCUT2D eigenvalue weighted by molar-refractivity contribution is 0.398. The van der Waals surface area contributed by atoms with Gasteiger partial charge in [-0.1, -0.05) is 11.6 Å². The van der Waals surface area contributed by atoms with Crippen LogP contribution in [0.4, 0.5) is 0 Å². The molecule has 94 valence electrons. The number of rotatable bonds is 2. The third-order valence-electron chi connectivity index (χ3n) is 2.78. The molecule has 0 saturated carbocycles. The Morgan fingerprint density at radius 2 is 1.95 bits per heavy atom. The van der Waals surface area contributed by atoms with Crippen LogP contribution in [0.1, 0.15) is 0 Å². The van der Waals surface area contributed by atoms with E-state index in [2.05, 4.69) is 15.0 Å². The van der Waals surface area contributed by atoms with Crippen LogP contribution in [0.15, 0.2) is 42.7 Å². The molecule has 0 unspecified atom stereocenters. The molecule has 4 nitrogen and oxygen atoms in total. The van der Waals surface area contributed by atoms with Crippen LogP contribution in [0.25, 0.3) is 22.3 Å². The van der Waals surface area contributed by atoms with E-state index in [1.165, 1.54) is 0 Å². The highest BCUT2D eigenvalue weighted by atomic mass is 35.5. The highest BCUT2D eigenvalue weighted by Crippen LogP contribution is 2.24. The molecule has 3 heterocycles. The van der Waals surface area contributed by atoms with E-state index >= 15 is 0 Å². The average Bonchev–Trinajstić information content (AvgIpc) is 2.47. The quantitative estimate of drug-likeness (QED) is 0.717. The summed E-state index contributed by atoms with van der Waals surface area (Å²) in [6.07, 6.45) is 3.39. The standard InChI is InChI=1S/C14H10ClN3O/c1-19-13-5-2-9(8-17-13)11-3-4-12-14(18-11)10(15)6-7-16-12/h2-8H,1H3. The van der Waals surface area contributed by atoms with Crippen molar-refractivity contribution in [3.8, 4) is 17.1 Å². The number of nitrogens with zero attached hydrogens (tertiary/aromatic N) is 3. The summed E-state index contributed by atoms with van der Waals surface area (Å²) in [5.74, 6) is 0.573. The van der Waals surface area contributed by atoms with Gasteiger partial charge in [0.2, 0.25) is 5.88 Å². The van der Waals surface area contributed by atoms with Gasteiger partial charge in [0.15, 0.2) is 0 Å². The Kier molecular flexibility index (Phi) is 3.01. The van der Waals surface area contributed by atoms with Gasteiger partial charge in [0.1, 0.15) is 5.52 Å². The van der Waals surface area contributed by atoms with Gasteiger partial charge in [-0.3, -0.25) is 4.98 Å². The summed E-state index contributed by atoms with van der Waals surface area (Å²) in [6.45, 7) is 0. The van der Waals surface area contributed by atoms with Crippen molar-refractivity contribution in [3.05, 3.63) is 47.7 Å². The van der Waals surface area contributed by atoms with Crippen LogP contribution in [-0.4, -0.2) is 22.1 Å². The van der Waals surface area contributed by atoms with Gasteiger partial charge in [-0.15, -0.1) is 0 Å². The van der Waals surface area contributed by atoms with E-state index in [1.807, 2.05) is 18.2 Å². The van der Waals surface area contributed by atoms with Crippen LogP contribution in [0.5, 0.6) is 5.88 Å². The second-order valence-electron chi connectivity index (χ2n) is 3.95. The fourth-order valence-corrected chi connectivity index (χ4v) is 2.00. The molecule has 3 aromatic heterocycles. The largest absolute Gasteiger partial charge is 0.481 e. The summed E-state index contributed by atoms with van der Waals surface area (Å²) >= 11 is 6.13. The molecule has 0 N–H and O–H groups in total. The van der Waals surface area contributed by atoms with E-state index in [0.717, 1.165) is 16.8 Å². The van der Waals surface area contributed by atoms with E-state index in [1.54, 1.807) is 31.6 Å². The minimum Gasteiger partial charge on any atom is -0.481 e. The third kappa shape index (κ3) is 2.22. The molecule has 19 heavy (non-hydrogen) atoms. The summed E-state index contributed by atoms with van der Waals surface area (Å²) in [7, 11) is 1.59. The minimum absolute atomic E-state index is 0.573. The van der Waals surface area contributed by atoms with Gasteiger partial charge < -0.3 is 4.74 Å². The second-order valence-corrected chi connectivity index (χ2v) is 4.35. The van der Waals surface area contributed by atoms with Crippen LogP contribution >= 0.6 is 11.6 Å². The highest BCUT2D eigenvalue weighted by molar-refractivity contribution is 6.34. The third-order valence-corrected chi connectivity index (χ3v) is 3.08. The van der Waals surface area contributed by atoms with E-state index < -0.39 is 0 Å². The van der Waals surface area contributed by atoms with Crippen LogP contribution in [-0.2, 0) is 0 Å². The van der Waals surface area contributed by atoms with Crippen molar-refractivity contribution in [2.75, 3.05) is 7.11 Å². The fraction of sp³-hybridized carbons (Fsp3) is 0.0714. The number of ether oxygens (including phenoxy) is 1. The molecular weight excluding hydrogens is 262 g/mol. The molecule has 5 heteroatoms. The normalized spacial score (nSPS) is 10.6. The van der Waals surface area contributed by atoms with Gasteiger partial charge in [-0.25, -0.2) is 9.97 Å². The zero-order chi connectivity index (χ0) is 13.2. The zero-order valence-corrected chi connectivity index (χ0v) is 10.9. The first-order valence-electron chi connectivity index (χ1n) is 5.69. The van der Waals surface area contributed by atoms with Crippen molar-refractivity contribution in [2.45, 2.75) is 0 Å². The predicted molar refractivity (Wildman–Crippen MR) is 74.3 cm³/mol. The number of halogens is 1. The Bertz CT molecular complexity index is 728. The van der Waals surface area contributed by atoms with Crippen molar-refractivity contribution in [1.29, 1.82) is 0 Å². The maximum absolute atomic E-state index is 6.13. The molecule has 0 aromatic carbocycles. The Balaban J connectivity index is 2.11. The average molecular weight is 272 g/mol. The maximum Gasteiger partial charge on any atom is 0.212 e. The lowest BCUT2D eigenvalue weighted by Gasteiger charge is -2.04. The summed E-state index contributed by atoms with van der Waals surface area (Å²) < 4.78 is 5.03. The van der Waals surface area contributed by atoms with Gasteiger partial charge in [-0.05, 0) is 24.3 Å².